The zero-order valence-electron chi connectivity index (χ0n) is 12.3. The van der Waals surface area contributed by atoms with Crippen LogP contribution in [0.5, 0.6) is 0 Å². The number of H-pyrrole nitrogens is 1. The number of hydrogen-bond donors (Lipinski definition) is 2. The molecule has 0 aliphatic heterocycles. The number of nitrogens with zero attached hydrogens (tertiary/aromatic N) is 2. The molecule has 0 spiro atoms. The molecule has 2 N–H and O–H groups in total. The first-order valence-electron chi connectivity index (χ1n) is 6.74. The molecule has 2 rings (SSSR count). The third-order valence-corrected chi connectivity index (χ3v) is 4.37. The Kier molecular flexibility index (Phi) is 4.53. The summed E-state index contributed by atoms with van der Waals surface area (Å²) in [7, 11) is 0. The number of aromatic amines is 1. The third kappa shape index (κ3) is 3.56. The first-order valence-corrected chi connectivity index (χ1v) is 7.73. The van der Waals surface area contributed by atoms with Crippen molar-refractivity contribution in [1.29, 1.82) is 5.26 Å². The molecule has 0 aliphatic carbocycles. The lowest BCUT2D eigenvalue weighted by atomic mass is 9.90. The first-order chi connectivity index (χ1) is 9.94. The molecule has 1 aromatic heterocycles. The van der Waals surface area contributed by atoms with Crippen molar-refractivity contribution in [1.82, 2.24) is 15.3 Å². The summed E-state index contributed by atoms with van der Waals surface area (Å²) >= 11 is 1.33. The number of rotatable bonds is 5. The van der Waals surface area contributed by atoms with Crippen LogP contribution in [0.15, 0.2) is 29.4 Å². The molecule has 21 heavy (non-hydrogen) atoms. The fourth-order valence-corrected chi connectivity index (χ4v) is 2.44. The Balaban J connectivity index is 1.96. The highest BCUT2D eigenvalue weighted by Gasteiger charge is 2.29. The Labute approximate surface area is 128 Å². The van der Waals surface area contributed by atoms with Crippen molar-refractivity contribution in [3.8, 4) is 6.07 Å². The fraction of sp³-hybridized carbons (Fsp3) is 0.400. The molecule has 0 unspecified atom stereocenters. The van der Waals surface area contributed by atoms with Gasteiger partial charge >= 0.3 is 0 Å². The summed E-state index contributed by atoms with van der Waals surface area (Å²) in [5.74, 6) is 0.102. The van der Waals surface area contributed by atoms with E-state index in [1.54, 1.807) is 6.92 Å². The van der Waals surface area contributed by atoms with E-state index in [-0.39, 0.29) is 17.6 Å². The van der Waals surface area contributed by atoms with Crippen LogP contribution in [-0.4, -0.2) is 27.2 Å². The fourth-order valence-electron chi connectivity index (χ4n) is 1.76. The summed E-state index contributed by atoms with van der Waals surface area (Å²) in [6.07, 6.45) is 0. The van der Waals surface area contributed by atoms with Crippen LogP contribution >= 0.6 is 11.8 Å². The van der Waals surface area contributed by atoms with Crippen LogP contribution in [0.3, 0.4) is 0 Å². The summed E-state index contributed by atoms with van der Waals surface area (Å²) in [5, 5.41) is 12.7. The zero-order chi connectivity index (χ0) is 15.5. The lowest BCUT2D eigenvalue weighted by molar-refractivity contribution is -0.120. The summed E-state index contributed by atoms with van der Waals surface area (Å²) in [4.78, 5) is 19.5. The number of imidazole rings is 1. The van der Waals surface area contributed by atoms with E-state index in [1.807, 2.05) is 38.1 Å². The van der Waals surface area contributed by atoms with Gasteiger partial charge in [0.1, 0.15) is 5.54 Å². The average molecular weight is 302 g/mol. The predicted octanol–water partition coefficient (Wildman–Crippen LogP) is 2.71. The zero-order valence-corrected chi connectivity index (χ0v) is 13.1. The van der Waals surface area contributed by atoms with Gasteiger partial charge < -0.3 is 10.3 Å². The van der Waals surface area contributed by atoms with Gasteiger partial charge in [-0.05, 0) is 25.0 Å². The second-order valence-corrected chi connectivity index (χ2v) is 6.33. The highest BCUT2D eigenvalue weighted by atomic mass is 32.2. The minimum absolute atomic E-state index is 0.0441. The molecular formula is C15H18N4OS. The van der Waals surface area contributed by atoms with Gasteiger partial charge in [0.2, 0.25) is 5.91 Å². The van der Waals surface area contributed by atoms with Crippen molar-refractivity contribution in [2.24, 2.45) is 5.92 Å². The molecular weight excluding hydrogens is 284 g/mol. The first kappa shape index (κ1) is 15.4. The highest BCUT2D eigenvalue weighted by molar-refractivity contribution is 7.99. The Hall–Kier alpha value is -2.00. The van der Waals surface area contributed by atoms with Crippen LogP contribution in [0.25, 0.3) is 11.0 Å². The Morgan fingerprint density at radius 3 is 2.86 bits per heavy atom. The standard InChI is InChI=1S/C15H18N4OS/c1-10(2)15(3,9-16)19-13(20)8-21-14-17-11-6-4-5-7-12(11)18-14/h4-7,10H,8H2,1-3H3,(H,17,18)(H,19,20)/t15-/m0/s1. The number of nitrogens with one attached hydrogen (secondary N) is 2. The van der Waals surface area contributed by atoms with Gasteiger partial charge in [-0.1, -0.05) is 37.7 Å². The van der Waals surface area contributed by atoms with Crippen LogP contribution in [0, 0.1) is 17.2 Å². The predicted molar refractivity (Wildman–Crippen MR) is 83.8 cm³/mol. The normalized spacial score (nSPS) is 13.9. The van der Waals surface area contributed by atoms with E-state index < -0.39 is 5.54 Å². The topological polar surface area (TPSA) is 81.6 Å². The van der Waals surface area contributed by atoms with Crippen molar-refractivity contribution < 1.29 is 4.79 Å². The van der Waals surface area contributed by atoms with Gasteiger partial charge in [0, 0.05) is 0 Å². The number of fused-ring (bicyclic) bond motifs is 1. The Bertz CT molecular complexity index is 655. The maximum atomic E-state index is 12.0. The smallest absolute Gasteiger partial charge is 0.231 e. The van der Waals surface area contributed by atoms with Gasteiger partial charge in [-0.3, -0.25) is 4.79 Å². The Morgan fingerprint density at radius 1 is 1.52 bits per heavy atom. The monoisotopic (exact) mass is 302 g/mol. The van der Waals surface area contributed by atoms with Crippen molar-refractivity contribution >= 4 is 28.7 Å². The second-order valence-electron chi connectivity index (χ2n) is 5.36. The highest BCUT2D eigenvalue weighted by Crippen LogP contribution is 2.20. The largest absolute Gasteiger partial charge is 0.337 e. The minimum atomic E-state index is -0.842. The maximum absolute atomic E-state index is 12.0. The molecule has 1 amide bonds. The van der Waals surface area contributed by atoms with Gasteiger partial charge in [-0.15, -0.1) is 0 Å². The summed E-state index contributed by atoms with van der Waals surface area (Å²) in [5.41, 5.74) is 0.986. The van der Waals surface area contributed by atoms with Crippen molar-refractivity contribution in [3.63, 3.8) is 0 Å². The van der Waals surface area contributed by atoms with E-state index in [2.05, 4.69) is 21.4 Å². The molecule has 1 heterocycles. The Morgan fingerprint density at radius 2 is 2.24 bits per heavy atom. The van der Waals surface area contributed by atoms with E-state index in [4.69, 9.17) is 0 Å². The molecule has 0 radical (unpaired) electrons. The SMILES string of the molecule is CC(C)[C@](C)(C#N)NC(=O)CSc1nc2ccccc2[nH]1. The van der Waals surface area contributed by atoms with Crippen LogP contribution in [-0.2, 0) is 4.79 Å². The number of benzene rings is 1. The molecule has 0 fully saturated rings. The average Bonchev–Trinajstić information content (AvgIpc) is 2.87. The molecule has 0 aliphatic rings. The van der Waals surface area contributed by atoms with Crippen LogP contribution in [0.2, 0.25) is 0 Å². The van der Waals surface area contributed by atoms with Crippen LogP contribution in [0.4, 0.5) is 0 Å². The van der Waals surface area contributed by atoms with E-state index >= 15 is 0 Å². The van der Waals surface area contributed by atoms with Crippen LogP contribution in [0.1, 0.15) is 20.8 Å². The number of thioether (sulfide) groups is 1. The number of amides is 1. The summed E-state index contributed by atoms with van der Waals surface area (Å²) in [6, 6.07) is 9.88. The van der Waals surface area contributed by atoms with Crippen molar-refractivity contribution in [2.75, 3.05) is 5.75 Å². The summed E-state index contributed by atoms with van der Waals surface area (Å²) in [6.45, 7) is 5.56. The number of nitriles is 1. The third-order valence-electron chi connectivity index (χ3n) is 3.49. The summed E-state index contributed by atoms with van der Waals surface area (Å²) < 4.78 is 0. The van der Waals surface area contributed by atoms with E-state index in [0.29, 0.717) is 5.16 Å². The lowest BCUT2D eigenvalue weighted by Crippen LogP contribution is -2.49. The molecule has 6 heteroatoms. The number of para-hydroxylation sites is 2. The van der Waals surface area contributed by atoms with Gasteiger partial charge in [-0.25, -0.2) is 4.98 Å². The van der Waals surface area contributed by atoms with Crippen molar-refractivity contribution in [3.05, 3.63) is 24.3 Å². The maximum Gasteiger partial charge on any atom is 0.231 e. The van der Waals surface area contributed by atoms with Crippen molar-refractivity contribution in [2.45, 2.75) is 31.5 Å². The lowest BCUT2D eigenvalue weighted by Gasteiger charge is -2.27. The van der Waals surface area contributed by atoms with Gasteiger partial charge in [0.25, 0.3) is 0 Å². The molecule has 5 nitrogen and oxygen atoms in total. The van der Waals surface area contributed by atoms with Gasteiger partial charge in [-0.2, -0.15) is 5.26 Å². The molecule has 1 aromatic carbocycles. The molecule has 110 valence electrons. The number of hydrogen-bond acceptors (Lipinski definition) is 4. The molecule has 0 saturated carbocycles. The van der Waals surface area contributed by atoms with E-state index in [0.717, 1.165) is 11.0 Å². The molecule has 2 aromatic rings. The minimum Gasteiger partial charge on any atom is -0.337 e. The van der Waals surface area contributed by atoms with E-state index in [1.165, 1.54) is 11.8 Å². The number of aromatic nitrogens is 2. The molecule has 1 atom stereocenters. The van der Waals surface area contributed by atoms with Gasteiger partial charge in [0.15, 0.2) is 5.16 Å². The van der Waals surface area contributed by atoms with Gasteiger partial charge in [0.05, 0.1) is 22.9 Å². The van der Waals surface area contributed by atoms with Crippen LogP contribution < -0.4 is 5.32 Å². The second kappa shape index (κ2) is 6.19. The number of carbonyl (C=O) groups is 1. The quantitative estimate of drug-likeness (QED) is 0.832. The number of carbonyl (C=O) groups excluding carboxylic acids is 1. The van der Waals surface area contributed by atoms with E-state index in [9.17, 15) is 10.1 Å². The molecule has 0 bridgehead atoms. The molecule has 0 saturated heterocycles.